The van der Waals surface area contributed by atoms with Gasteiger partial charge >= 0.3 is 5.97 Å². The molecule has 3 N–H and O–H groups in total. The molecule has 0 amide bonds. The smallest absolute Gasteiger partial charge is 0.310 e. The molecule has 4 heterocycles. The highest BCUT2D eigenvalue weighted by Crippen LogP contribution is 2.25. The minimum Gasteiger partial charge on any atom is -0.481 e. The van der Waals surface area contributed by atoms with E-state index in [9.17, 15) is 4.79 Å². The molecule has 1 saturated heterocycles. The van der Waals surface area contributed by atoms with E-state index in [2.05, 4.69) is 31.2 Å². The number of pyridine rings is 1. The fourth-order valence-corrected chi connectivity index (χ4v) is 3.73. The molecule has 1 aliphatic rings. The number of benzene rings is 1. The number of carboxylic acids is 1. The Morgan fingerprint density at radius 3 is 2.68 bits per heavy atom. The highest BCUT2D eigenvalue weighted by molar-refractivity contribution is 5.74. The zero-order valence-corrected chi connectivity index (χ0v) is 18.0. The van der Waals surface area contributed by atoms with Crippen molar-refractivity contribution < 1.29 is 9.90 Å². The topological polar surface area (TPSA) is 136 Å². The largest absolute Gasteiger partial charge is 0.481 e. The summed E-state index contributed by atoms with van der Waals surface area (Å²) < 4.78 is 1.66. The lowest BCUT2D eigenvalue weighted by atomic mass is 10.0. The molecule has 0 atom stereocenters. The van der Waals surface area contributed by atoms with Gasteiger partial charge in [0.2, 0.25) is 5.95 Å². The van der Waals surface area contributed by atoms with E-state index in [0.29, 0.717) is 36.7 Å². The van der Waals surface area contributed by atoms with E-state index in [0.717, 1.165) is 22.6 Å². The number of hydrogen-bond donors (Lipinski definition) is 2. The van der Waals surface area contributed by atoms with Gasteiger partial charge in [0.05, 0.1) is 35.7 Å². The third-order valence-corrected chi connectivity index (χ3v) is 5.54. The molecule has 5 rings (SSSR count). The molecule has 0 unspecified atom stereocenters. The maximum atomic E-state index is 11.0. The molecule has 1 aliphatic heterocycles. The van der Waals surface area contributed by atoms with E-state index >= 15 is 0 Å². The van der Waals surface area contributed by atoms with Gasteiger partial charge in [0.1, 0.15) is 11.5 Å². The standard InChI is InChI=1S/C24H20N8O2/c1-2-15-5-3-6-16(9-15)19-10-20(28-24(25)27-19)21-14-32(30-29-21)13-18-7-4-8-22(26-18)31-11-17(12-31)23(33)34/h1,3-10,14,17H,11-13H2,(H,33,34)(H2,25,27,28). The van der Waals surface area contributed by atoms with Crippen molar-refractivity contribution in [2.24, 2.45) is 5.92 Å². The van der Waals surface area contributed by atoms with E-state index in [1.54, 1.807) is 16.9 Å². The first kappa shape index (κ1) is 21.1. The predicted molar refractivity (Wildman–Crippen MR) is 126 cm³/mol. The van der Waals surface area contributed by atoms with Crippen molar-refractivity contribution in [2.75, 3.05) is 23.7 Å². The van der Waals surface area contributed by atoms with Crippen molar-refractivity contribution >= 4 is 17.7 Å². The molecule has 34 heavy (non-hydrogen) atoms. The molecular weight excluding hydrogens is 432 g/mol. The number of terminal acetylenes is 1. The lowest BCUT2D eigenvalue weighted by molar-refractivity contribution is -0.142. The van der Waals surface area contributed by atoms with E-state index in [4.69, 9.17) is 17.3 Å². The van der Waals surface area contributed by atoms with Gasteiger partial charge < -0.3 is 15.7 Å². The Labute approximate surface area is 195 Å². The maximum absolute atomic E-state index is 11.0. The van der Waals surface area contributed by atoms with E-state index < -0.39 is 5.97 Å². The van der Waals surface area contributed by atoms with Gasteiger partial charge in [0.25, 0.3) is 0 Å². The number of rotatable bonds is 6. The summed E-state index contributed by atoms with van der Waals surface area (Å²) in [5.74, 6) is 2.36. The Bertz CT molecular complexity index is 1420. The number of nitrogens with zero attached hydrogens (tertiary/aromatic N) is 7. The summed E-state index contributed by atoms with van der Waals surface area (Å²) in [6.07, 6.45) is 7.27. The molecule has 0 bridgehead atoms. The van der Waals surface area contributed by atoms with Gasteiger partial charge in [-0.2, -0.15) is 0 Å². The van der Waals surface area contributed by atoms with Crippen LogP contribution >= 0.6 is 0 Å². The summed E-state index contributed by atoms with van der Waals surface area (Å²) in [6, 6.07) is 14.9. The molecule has 10 heteroatoms. The van der Waals surface area contributed by atoms with Crippen LogP contribution in [0.1, 0.15) is 11.3 Å². The van der Waals surface area contributed by atoms with Crippen molar-refractivity contribution in [1.82, 2.24) is 29.9 Å². The van der Waals surface area contributed by atoms with Crippen molar-refractivity contribution in [1.29, 1.82) is 0 Å². The first-order valence-electron chi connectivity index (χ1n) is 10.5. The summed E-state index contributed by atoms with van der Waals surface area (Å²) >= 11 is 0. The van der Waals surface area contributed by atoms with E-state index in [1.165, 1.54) is 0 Å². The minimum absolute atomic E-state index is 0.122. The van der Waals surface area contributed by atoms with Gasteiger partial charge in [0, 0.05) is 24.2 Å². The van der Waals surface area contributed by atoms with Gasteiger partial charge in [-0.1, -0.05) is 29.3 Å². The van der Waals surface area contributed by atoms with Crippen LogP contribution in [0, 0.1) is 18.3 Å². The lowest BCUT2D eigenvalue weighted by Gasteiger charge is -2.37. The normalized spacial score (nSPS) is 13.3. The molecule has 168 valence electrons. The number of hydrogen-bond acceptors (Lipinski definition) is 8. The summed E-state index contributed by atoms with van der Waals surface area (Å²) in [5.41, 5.74) is 10.0. The van der Waals surface area contributed by atoms with Crippen molar-refractivity contribution in [3.05, 3.63) is 66.0 Å². The fourth-order valence-electron chi connectivity index (χ4n) is 3.73. The lowest BCUT2D eigenvalue weighted by Crippen LogP contribution is -2.50. The van der Waals surface area contributed by atoms with Gasteiger partial charge in [-0.15, -0.1) is 11.5 Å². The average molecular weight is 452 g/mol. The highest BCUT2D eigenvalue weighted by Gasteiger charge is 2.33. The van der Waals surface area contributed by atoms with Gasteiger partial charge in [-0.05, 0) is 30.3 Å². The van der Waals surface area contributed by atoms with Crippen LogP contribution in [-0.2, 0) is 11.3 Å². The summed E-state index contributed by atoms with van der Waals surface area (Å²) in [7, 11) is 0. The van der Waals surface area contributed by atoms with E-state index in [1.807, 2.05) is 47.4 Å². The minimum atomic E-state index is -0.778. The third kappa shape index (κ3) is 4.27. The molecule has 10 nitrogen and oxygen atoms in total. The van der Waals surface area contributed by atoms with Crippen LogP contribution in [0.2, 0.25) is 0 Å². The van der Waals surface area contributed by atoms with Crippen LogP contribution < -0.4 is 10.6 Å². The molecule has 4 aromatic rings. The fraction of sp³-hybridized carbons (Fsp3) is 0.167. The second-order valence-electron chi connectivity index (χ2n) is 7.95. The summed E-state index contributed by atoms with van der Waals surface area (Å²) in [4.78, 5) is 26.3. The van der Waals surface area contributed by atoms with Crippen LogP contribution in [-0.4, -0.2) is 54.1 Å². The predicted octanol–water partition coefficient (Wildman–Crippen LogP) is 1.93. The Morgan fingerprint density at radius 2 is 1.88 bits per heavy atom. The summed E-state index contributed by atoms with van der Waals surface area (Å²) in [5, 5.41) is 17.5. The molecule has 0 radical (unpaired) electrons. The van der Waals surface area contributed by atoms with Gasteiger partial charge in [0.15, 0.2) is 0 Å². The van der Waals surface area contributed by atoms with Gasteiger partial charge in [-0.25, -0.2) is 19.6 Å². The van der Waals surface area contributed by atoms with Crippen molar-refractivity contribution in [3.8, 4) is 35.0 Å². The number of nitrogens with two attached hydrogens (primary N) is 1. The molecule has 0 spiro atoms. The van der Waals surface area contributed by atoms with Crippen LogP contribution in [0.3, 0.4) is 0 Å². The maximum Gasteiger partial charge on any atom is 0.310 e. The first-order valence-corrected chi connectivity index (χ1v) is 10.5. The third-order valence-electron chi connectivity index (χ3n) is 5.54. The zero-order chi connectivity index (χ0) is 23.7. The summed E-state index contributed by atoms with van der Waals surface area (Å²) in [6.45, 7) is 1.32. The second-order valence-corrected chi connectivity index (χ2v) is 7.95. The van der Waals surface area contributed by atoms with Crippen LogP contribution in [0.15, 0.2) is 54.7 Å². The molecule has 1 aromatic carbocycles. The Hall–Kier alpha value is -4.78. The Balaban J connectivity index is 1.35. The quantitative estimate of drug-likeness (QED) is 0.421. The SMILES string of the molecule is C#Cc1cccc(-c2cc(-c3cn(Cc4cccc(N5CC(C(=O)O)C5)n4)nn3)nc(N)n2)c1. The molecule has 0 aliphatic carbocycles. The molecule has 0 saturated carbocycles. The average Bonchev–Trinajstić information content (AvgIpc) is 3.26. The molecular formula is C24H20N8O2. The van der Waals surface area contributed by atoms with Crippen molar-refractivity contribution in [3.63, 3.8) is 0 Å². The number of carbonyl (C=O) groups is 1. The Kier molecular flexibility index (Phi) is 5.35. The number of nitrogen functional groups attached to an aromatic ring is 1. The van der Waals surface area contributed by atoms with Crippen LogP contribution in [0.25, 0.3) is 22.6 Å². The number of aromatic nitrogens is 6. The first-order chi connectivity index (χ1) is 16.5. The second kappa shape index (κ2) is 8.63. The van der Waals surface area contributed by atoms with Crippen LogP contribution in [0.5, 0.6) is 0 Å². The number of aliphatic carboxylic acids is 1. The molecule has 1 fully saturated rings. The highest BCUT2D eigenvalue weighted by atomic mass is 16.4. The number of anilines is 2. The monoisotopic (exact) mass is 452 g/mol. The van der Waals surface area contributed by atoms with Gasteiger partial charge in [-0.3, -0.25) is 4.79 Å². The Morgan fingerprint density at radius 1 is 1.09 bits per heavy atom. The van der Waals surface area contributed by atoms with Crippen molar-refractivity contribution in [2.45, 2.75) is 6.54 Å². The zero-order valence-electron chi connectivity index (χ0n) is 18.0. The van der Waals surface area contributed by atoms with Crippen LogP contribution in [0.4, 0.5) is 11.8 Å². The van der Waals surface area contributed by atoms with E-state index in [-0.39, 0.29) is 11.9 Å². The number of carboxylic acid groups (broad SMARTS) is 1. The molecule has 3 aromatic heterocycles.